The molecule has 1 saturated heterocycles. The van der Waals surface area contributed by atoms with Gasteiger partial charge in [-0.15, -0.1) is 0 Å². The number of nitrogens with zero attached hydrogens (tertiary/aromatic N) is 3. The van der Waals surface area contributed by atoms with Gasteiger partial charge in [-0.3, -0.25) is 0 Å². The molecule has 0 radical (unpaired) electrons. The van der Waals surface area contributed by atoms with Crippen molar-refractivity contribution in [2.24, 2.45) is 5.84 Å². The molecule has 1 aliphatic heterocycles. The number of para-hydroxylation sites is 3. The largest absolute Gasteiger partial charge is 0.397 e. The van der Waals surface area contributed by atoms with Crippen LogP contribution in [0.5, 0.6) is 0 Å². The predicted molar refractivity (Wildman–Crippen MR) is 120 cm³/mol. The summed E-state index contributed by atoms with van der Waals surface area (Å²) in [6.45, 7) is 9.26. The van der Waals surface area contributed by atoms with Crippen molar-refractivity contribution in [3.05, 3.63) is 65.9 Å². The average molecular weight is 380 g/mol. The topological polar surface area (TPSA) is 61.8 Å². The molecule has 3 rings (SSSR count). The molecule has 0 atom stereocenters. The van der Waals surface area contributed by atoms with Crippen molar-refractivity contribution in [2.75, 3.05) is 48.4 Å². The van der Waals surface area contributed by atoms with Crippen molar-refractivity contribution < 1.29 is 0 Å². The summed E-state index contributed by atoms with van der Waals surface area (Å²) in [7, 11) is 0. The minimum Gasteiger partial charge on any atom is -0.397 e. The van der Waals surface area contributed by atoms with Gasteiger partial charge in [0.1, 0.15) is 0 Å². The van der Waals surface area contributed by atoms with Crippen LogP contribution in [-0.4, -0.2) is 37.6 Å². The number of hydrazine groups is 1. The maximum atomic E-state index is 6.42. The lowest BCUT2D eigenvalue weighted by Gasteiger charge is -2.33. The van der Waals surface area contributed by atoms with Crippen LogP contribution in [0.2, 0.25) is 0 Å². The SMILES string of the molecule is C/C=C(\CN(N)c1ccccc1N)N(CCN1CCCC1)c1ccccc1C. The number of aryl methyl sites for hydroxylation is 1. The third-order valence-corrected chi connectivity index (χ3v) is 5.50. The van der Waals surface area contributed by atoms with Gasteiger partial charge in [0.15, 0.2) is 0 Å². The molecule has 150 valence electrons. The zero-order chi connectivity index (χ0) is 19.9. The Kier molecular flexibility index (Phi) is 6.95. The predicted octanol–water partition coefficient (Wildman–Crippen LogP) is 3.76. The van der Waals surface area contributed by atoms with Crippen molar-refractivity contribution in [3.63, 3.8) is 0 Å². The summed E-state index contributed by atoms with van der Waals surface area (Å²) in [5, 5.41) is 1.74. The smallest absolute Gasteiger partial charge is 0.0751 e. The third-order valence-electron chi connectivity index (χ3n) is 5.50. The Balaban J connectivity index is 1.82. The lowest BCUT2D eigenvalue weighted by atomic mass is 10.1. The first-order chi connectivity index (χ1) is 13.6. The summed E-state index contributed by atoms with van der Waals surface area (Å²) in [4.78, 5) is 4.96. The van der Waals surface area contributed by atoms with Gasteiger partial charge in [-0.05, 0) is 63.5 Å². The zero-order valence-corrected chi connectivity index (χ0v) is 17.1. The maximum Gasteiger partial charge on any atom is 0.0751 e. The minimum atomic E-state index is 0.596. The monoisotopic (exact) mass is 379 g/mol. The summed E-state index contributed by atoms with van der Waals surface area (Å²) < 4.78 is 0. The number of allylic oxidation sites excluding steroid dienone is 1. The van der Waals surface area contributed by atoms with Crippen LogP contribution in [0.25, 0.3) is 0 Å². The summed E-state index contributed by atoms with van der Waals surface area (Å²) >= 11 is 0. The highest BCUT2D eigenvalue weighted by molar-refractivity contribution is 5.67. The van der Waals surface area contributed by atoms with Crippen LogP contribution in [0.4, 0.5) is 17.1 Å². The van der Waals surface area contributed by atoms with E-state index in [0.717, 1.165) is 18.8 Å². The molecule has 1 fully saturated rings. The van der Waals surface area contributed by atoms with Crippen LogP contribution in [0.1, 0.15) is 25.3 Å². The average Bonchev–Trinajstić information content (AvgIpc) is 3.22. The van der Waals surface area contributed by atoms with Crippen LogP contribution in [0.3, 0.4) is 0 Å². The first-order valence-electron chi connectivity index (χ1n) is 10.2. The van der Waals surface area contributed by atoms with E-state index in [2.05, 4.69) is 54.0 Å². The minimum absolute atomic E-state index is 0.596. The van der Waals surface area contributed by atoms with Gasteiger partial charge in [0.05, 0.1) is 17.9 Å². The van der Waals surface area contributed by atoms with Gasteiger partial charge in [-0.25, -0.2) is 5.84 Å². The lowest BCUT2D eigenvalue weighted by Crippen LogP contribution is -2.41. The number of benzene rings is 2. The third kappa shape index (κ3) is 4.86. The van der Waals surface area contributed by atoms with Gasteiger partial charge >= 0.3 is 0 Å². The van der Waals surface area contributed by atoms with Crippen LogP contribution < -0.4 is 21.5 Å². The van der Waals surface area contributed by atoms with Gasteiger partial charge in [0.2, 0.25) is 0 Å². The zero-order valence-electron chi connectivity index (χ0n) is 17.1. The fourth-order valence-electron chi connectivity index (χ4n) is 3.87. The van der Waals surface area contributed by atoms with Crippen molar-refractivity contribution in [1.82, 2.24) is 4.90 Å². The molecule has 0 unspecified atom stereocenters. The van der Waals surface area contributed by atoms with Crippen LogP contribution in [-0.2, 0) is 0 Å². The van der Waals surface area contributed by atoms with Crippen molar-refractivity contribution in [1.29, 1.82) is 0 Å². The van der Waals surface area contributed by atoms with E-state index in [0.29, 0.717) is 12.2 Å². The molecular formula is C23H33N5. The summed E-state index contributed by atoms with van der Waals surface area (Å²) in [5.41, 5.74) is 11.4. The highest BCUT2D eigenvalue weighted by Gasteiger charge is 2.19. The van der Waals surface area contributed by atoms with E-state index in [-0.39, 0.29) is 0 Å². The Labute approximate surface area is 169 Å². The van der Waals surface area contributed by atoms with E-state index in [1.807, 2.05) is 24.3 Å². The van der Waals surface area contributed by atoms with Crippen molar-refractivity contribution in [3.8, 4) is 0 Å². The van der Waals surface area contributed by atoms with Gasteiger partial charge in [0.25, 0.3) is 0 Å². The standard InChI is InChI=1S/C23H33N5/c1-3-20(18-28(25)23-13-7-5-11-21(23)24)27(17-16-26-14-8-9-15-26)22-12-6-4-10-19(22)2/h3-7,10-13H,8-9,14-18,24-25H2,1-2H3/b20-3+. The molecule has 5 nitrogen and oxygen atoms in total. The fraction of sp³-hybridized carbons (Fsp3) is 0.391. The van der Waals surface area contributed by atoms with E-state index in [1.54, 1.807) is 5.01 Å². The maximum absolute atomic E-state index is 6.42. The Hall–Kier alpha value is -2.50. The Morgan fingerprint density at radius 3 is 2.32 bits per heavy atom. The molecular weight excluding hydrogens is 346 g/mol. The molecule has 2 aromatic rings. The number of rotatable bonds is 8. The van der Waals surface area contributed by atoms with Gasteiger partial charge in [0, 0.05) is 24.5 Å². The number of anilines is 3. The quantitative estimate of drug-likeness (QED) is 0.415. The molecule has 0 bridgehead atoms. The molecule has 2 aromatic carbocycles. The number of hydrogen-bond acceptors (Lipinski definition) is 5. The number of nitrogen functional groups attached to an aromatic ring is 1. The van der Waals surface area contributed by atoms with Gasteiger partial charge < -0.3 is 20.5 Å². The molecule has 0 amide bonds. The van der Waals surface area contributed by atoms with Crippen molar-refractivity contribution >= 4 is 17.1 Å². The van der Waals surface area contributed by atoms with Crippen LogP contribution in [0.15, 0.2) is 60.3 Å². The molecule has 1 aliphatic rings. The Morgan fingerprint density at radius 1 is 1.04 bits per heavy atom. The van der Waals surface area contributed by atoms with E-state index in [9.17, 15) is 0 Å². The van der Waals surface area contributed by atoms with Gasteiger partial charge in [-0.2, -0.15) is 0 Å². The van der Waals surface area contributed by atoms with Crippen LogP contribution >= 0.6 is 0 Å². The lowest BCUT2D eigenvalue weighted by molar-refractivity contribution is 0.346. The summed E-state index contributed by atoms with van der Waals surface area (Å²) in [6, 6.07) is 16.3. The van der Waals surface area contributed by atoms with E-state index >= 15 is 0 Å². The molecule has 5 heteroatoms. The highest BCUT2D eigenvalue weighted by atomic mass is 15.4. The second kappa shape index (κ2) is 9.62. The number of likely N-dealkylation sites (tertiary alicyclic amines) is 1. The van der Waals surface area contributed by atoms with Gasteiger partial charge in [-0.1, -0.05) is 36.4 Å². The molecule has 0 spiro atoms. The Morgan fingerprint density at radius 2 is 1.68 bits per heavy atom. The normalized spacial score (nSPS) is 15.0. The number of nitrogens with two attached hydrogens (primary N) is 2. The molecule has 4 N–H and O–H groups in total. The van der Waals surface area contributed by atoms with Crippen LogP contribution in [0, 0.1) is 6.92 Å². The van der Waals surface area contributed by atoms with E-state index in [1.165, 1.54) is 42.9 Å². The van der Waals surface area contributed by atoms with E-state index < -0.39 is 0 Å². The Bertz CT molecular complexity index is 795. The van der Waals surface area contributed by atoms with Crippen molar-refractivity contribution in [2.45, 2.75) is 26.7 Å². The molecule has 0 aromatic heterocycles. The molecule has 0 saturated carbocycles. The molecule has 0 aliphatic carbocycles. The second-order valence-electron chi connectivity index (χ2n) is 7.45. The summed E-state index contributed by atoms with van der Waals surface area (Å²) in [6.07, 6.45) is 4.78. The molecule has 28 heavy (non-hydrogen) atoms. The highest BCUT2D eigenvalue weighted by Crippen LogP contribution is 2.26. The number of hydrogen-bond donors (Lipinski definition) is 2. The first-order valence-corrected chi connectivity index (χ1v) is 10.2. The molecule has 1 heterocycles. The summed E-state index contributed by atoms with van der Waals surface area (Å²) in [5.74, 6) is 6.42. The second-order valence-corrected chi connectivity index (χ2v) is 7.45. The first kappa shape index (κ1) is 20.2. The van der Waals surface area contributed by atoms with E-state index in [4.69, 9.17) is 11.6 Å². The fourth-order valence-corrected chi connectivity index (χ4v) is 3.87.